The van der Waals surface area contributed by atoms with Gasteiger partial charge in [-0.1, -0.05) is 12.1 Å². The number of rotatable bonds is 6. The van der Waals surface area contributed by atoms with Crippen molar-refractivity contribution < 1.29 is 9.18 Å². The van der Waals surface area contributed by atoms with Gasteiger partial charge in [0.05, 0.1) is 6.42 Å². The molecule has 110 valence electrons. The summed E-state index contributed by atoms with van der Waals surface area (Å²) in [7, 11) is 0. The third-order valence-electron chi connectivity index (χ3n) is 3.40. The lowest BCUT2D eigenvalue weighted by atomic mass is 10.1. The highest BCUT2D eigenvalue weighted by molar-refractivity contribution is 5.78. The van der Waals surface area contributed by atoms with E-state index in [1.165, 1.54) is 12.1 Å². The Bertz CT molecular complexity index is 586. The zero-order valence-corrected chi connectivity index (χ0v) is 12.1. The number of likely N-dealkylation sites (N-methyl/N-ethyl adjacent to an activating group) is 1. The zero-order valence-electron chi connectivity index (χ0n) is 12.1. The minimum atomic E-state index is -0.305. The molecule has 0 aliphatic heterocycles. The Labute approximate surface area is 124 Å². The van der Waals surface area contributed by atoms with E-state index in [0.717, 1.165) is 12.0 Å². The molecule has 0 aliphatic carbocycles. The number of amides is 1. The van der Waals surface area contributed by atoms with Crippen LogP contribution in [-0.2, 0) is 17.6 Å². The molecule has 1 amide bonds. The quantitative estimate of drug-likeness (QED) is 0.818. The molecule has 21 heavy (non-hydrogen) atoms. The van der Waals surface area contributed by atoms with Crippen LogP contribution in [-0.4, -0.2) is 28.9 Å². The van der Waals surface area contributed by atoms with Crippen LogP contribution in [0.5, 0.6) is 0 Å². The standard InChI is InChI=1S/C17H19FN2O/c1-2-20(11-8-14-6-9-19-10-7-14)17(21)13-15-4-3-5-16(18)12-15/h3-7,9-10,12H,2,8,11,13H2,1H3. The number of aromatic nitrogens is 1. The second-order valence-electron chi connectivity index (χ2n) is 4.89. The van der Waals surface area contributed by atoms with E-state index in [1.807, 2.05) is 19.1 Å². The van der Waals surface area contributed by atoms with E-state index in [0.29, 0.717) is 18.7 Å². The van der Waals surface area contributed by atoms with E-state index in [2.05, 4.69) is 4.98 Å². The van der Waals surface area contributed by atoms with Gasteiger partial charge < -0.3 is 4.90 Å². The van der Waals surface area contributed by atoms with Crippen LogP contribution in [0.3, 0.4) is 0 Å². The molecule has 0 radical (unpaired) electrons. The molecule has 2 aromatic rings. The molecule has 4 heteroatoms. The van der Waals surface area contributed by atoms with Crippen LogP contribution in [0.15, 0.2) is 48.8 Å². The Morgan fingerprint density at radius 3 is 2.62 bits per heavy atom. The van der Waals surface area contributed by atoms with Crippen LogP contribution in [0.4, 0.5) is 4.39 Å². The number of halogens is 1. The second-order valence-corrected chi connectivity index (χ2v) is 4.89. The number of pyridine rings is 1. The highest BCUT2D eigenvalue weighted by Crippen LogP contribution is 2.07. The molecule has 0 saturated carbocycles. The van der Waals surface area contributed by atoms with Crippen LogP contribution >= 0.6 is 0 Å². The van der Waals surface area contributed by atoms with Crippen molar-refractivity contribution in [2.75, 3.05) is 13.1 Å². The minimum Gasteiger partial charge on any atom is -0.342 e. The largest absolute Gasteiger partial charge is 0.342 e. The molecule has 0 fully saturated rings. The molecular formula is C17H19FN2O. The zero-order chi connectivity index (χ0) is 15.1. The van der Waals surface area contributed by atoms with Crippen molar-refractivity contribution in [1.29, 1.82) is 0 Å². The number of carbonyl (C=O) groups excluding carboxylic acids is 1. The second kappa shape index (κ2) is 7.53. The van der Waals surface area contributed by atoms with Gasteiger partial charge in [-0.25, -0.2) is 4.39 Å². The van der Waals surface area contributed by atoms with Crippen LogP contribution in [0, 0.1) is 5.82 Å². The Hall–Kier alpha value is -2.23. The molecule has 2 rings (SSSR count). The fourth-order valence-electron chi connectivity index (χ4n) is 2.21. The van der Waals surface area contributed by atoms with Crippen molar-refractivity contribution in [3.8, 4) is 0 Å². The molecule has 0 bridgehead atoms. The highest BCUT2D eigenvalue weighted by atomic mass is 19.1. The summed E-state index contributed by atoms with van der Waals surface area (Å²) < 4.78 is 13.1. The van der Waals surface area contributed by atoms with Gasteiger partial charge in [-0.2, -0.15) is 0 Å². The number of carbonyl (C=O) groups is 1. The Morgan fingerprint density at radius 1 is 1.19 bits per heavy atom. The Morgan fingerprint density at radius 2 is 1.95 bits per heavy atom. The van der Waals surface area contributed by atoms with Gasteiger partial charge in [-0.15, -0.1) is 0 Å². The summed E-state index contributed by atoms with van der Waals surface area (Å²) in [6.07, 6.45) is 4.54. The summed E-state index contributed by atoms with van der Waals surface area (Å²) in [5.41, 5.74) is 1.87. The molecule has 0 saturated heterocycles. The average molecular weight is 286 g/mol. The van der Waals surface area contributed by atoms with Gasteiger partial charge >= 0.3 is 0 Å². The van der Waals surface area contributed by atoms with Crippen LogP contribution in [0.1, 0.15) is 18.1 Å². The maximum absolute atomic E-state index is 13.1. The number of benzene rings is 1. The first kappa shape index (κ1) is 15.2. The highest BCUT2D eigenvalue weighted by Gasteiger charge is 2.12. The van der Waals surface area contributed by atoms with Gasteiger partial charge in [-0.05, 0) is 48.7 Å². The normalized spacial score (nSPS) is 10.4. The Balaban J connectivity index is 1.92. The van der Waals surface area contributed by atoms with Crippen molar-refractivity contribution >= 4 is 5.91 Å². The summed E-state index contributed by atoms with van der Waals surface area (Å²) in [5.74, 6) is -0.280. The molecule has 0 unspecified atom stereocenters. The third-order valence-corrected chi connectivity index (χ3v) is 3.40. The van der Waals surface area contributed by atoms with Crippen molar-refractivity contribution in [3.05, 3.63) is 65.7 Å². The minimum absolute atomic E-state index is 0.0251. The lowest BCUT2D eigenvalue weighted by molar-refractivity contribution is -0.130. The van der Waals surface area contributed by atoms with Crippen molar-refractivity contribution in [2.24, 2.45) is 0 Å². The molecule has 0 spiro atoms. The van der Waals surface area contributed by atoms with E-state index in [1.54, 1.807) is 29.4 Å². The topological polar surface area (TPSA) is 33.2 Å². The lowest BCUT2D eigenvalue weighted by Gasteiger charge is -2.21. The number of hydrogen-bond acceptors (Lipinski definition) is 2. The number of hydrogen-bond donors (Lipinski definition) is 0. The van der Waals surface area contributed by atoms with E-state index in [-0.39, 0.29) is 18.1 Å². The van der Waals surface area contributed by atoms with Crippen molar-refractivity contribution in [1.82, 2.24) is 9.88 Å². The summed E-state index contributed by atoms with van der Waals surface area (Å²) in [6, 6.07) is 10.1. The van der Waals surface area contributed by atoms with Gasteiger partial charge in [-0.3, -0.25) is 9.78 Å². The predicted octanol–water partition coefficient (Wildman–Crippen LogP) is 2.85. The van der Waals surface area contributed by atoms with Gasteiger partial charge in [0.2, 0.25) is 5.91 Å². The fourth-order valence-corrected chi connectivity index (χ4v) is 2.21. The summed E-state index contributed by atoms with van der Waals surface area (Å²) in [6.45, 7) is 3.27. The first-order valence-electron chi connectivity index (χ1n) is 7.10. The first-order chi connectivity index (χ1) is 10.2. The van der Waals surface area contributed by atoms with E-state index >= 15 is 0 Å². The third kappa shape index (κ3) is 4.67. The van der Waals surface area contributed by atoms with Crippen molar-refractivity contribution in [2.45, 2.75) is 19.8 Å². The smallest absolute Gasteiger partial charge is 0.226 e. The van der Waals surface area contributed by atoms with E-state index < -0.39 is 0 Å². The predicted molar refractivity (Wildman–Crippen MR) is 80.3 cm³/mol. The average Bonchev–Trinajstić information content (AvgIpc) is 2.49. The van der Waals surface area contributed by atoms with Gasteiger partial charge in [0.15, 0.2) is 0 Å². The maximum atomic E-state index is 13.1. The summed E-state index contributed by atoms with van der Waals surface area (Å²) >= 11 is 0. The summed E-state index contributed by atoms with van der Waals surface area (Å²) in [4.78, 5) is 18.0. The molecule has 1 aromatic heterocycles. The monoisotopic (exact) mass is 286 g/mol. The van der Waals surface area contributed by atoms with Gasteiger partial charge in [0, 0.05) is 25.5 Å². The molecular weight excluding hydrogens is 267 g/mol. The van der Waals surface area contributed by atoms with Crippen molar-refractivity contribution in [3.63, 3.8) is 0 Å². The number of nitrogens with zero attached hydrogens (tertiary/aromatic N) is 2. The van der Waals surface area contributed by atoms with Crippen LogP contribution < -0.4 is 0 Å². The van der Waals surface area contributed by atoms with Gasteiger partial charge in [0.25, 0.3) is 0 Å². The maximum Gasteiger partial charge on any atom is 0.226 e. The van der Waals surface area contributed by atoms with E-state index in [4.69, 9.17) is 0 Å². The lowest BCUT2D eigenvalue weighted by Crippen LogP contribution is -2.33. The first-order valence-corrected chi connectivity index (χ1v) is 7.10. The molecule has 1 heterocycles. The fraction of sp³-hybridized carbons (Fsp3) is 0.294. The van der Waals surface area contributed by atoms with Gasteiger partial charge in [0.1, 0.15) is 5.82 Å². The van der Waals surface area contributed by atoms with Crippen LogP contribution in [0.25, 0.3) is 0 Å². The molecule has 0 N–H and O–H groups in total. The molecule has 0 atom stereocenters. The molecule has 0 aliphatic rings. The van der Waals surface area contributed by atoms with E-state index in [9.17, 15) is 9.18 Å². The SMILES string of the molecule is CCN(CCc1ccncc1)C(=O)Cc1cccc(F)c1. The summed E-state index contributed by atoms with van der Waals surface area (Å²) in [5, 5.41) is 0. The Kier molecular flexibility index (Phi) is 5.43. The van der Waals surface area contributed by atoms with Crippen LogP contribution in [0.2, 0.25) is 0 Å². The molecule has 1 aromatic carbocycles. The molecule has 3 nitrogen and oxygen atoms in total.